The number of aryl methyl sites for hydroxylation is 2. The molecule has 1 heteroatoms. The van der Waals surface area contributed by atoms with Crippen LogP contribution in [0.25, 0.3) is 0 Å². The van der Waals surface area contributed by atoms with Gasteiger partial charge in [-0.05, 0) is 31.6 Å². The summed E-state index contributed by atoms with van der Waals surface area (Å²) in [6, 6.07) is 7.10. The number of hydrogen-bond acceptors (Lipinski definition) is 0. The quantitative estimate of drug-likeness (QED) is 0.500. The van der Waals surface area contributed by atoms with Gasteiger partial charge in [0.25, 0.3) is 0 Å². The van der Waals surface area contributed by atoms with Crippen LogP contribution in [0.2, 0.25) is 0 Å². The lowest BCUT2D eigenvalue weighted by Gasteiger charge is -2.29. The Morgan fingerprint density at radius 3 is 2.22 bits per heavy atom. The molecule has 0 radical (unpaired) electrons. The average molecular weight is 327 g/mol. The number of allylic oxidation sites excluding steroid dienone is 4. The van der Waals surface area contributed by atoms with Crippen LogP contribution in [0.15, 0.2) is 41.1 Å². The Balaban J connectivity index is 2.25. The highest BCUT2D eigenvalue weighted by Crippen LogP contribution is 2.41. The highest BCUT2D eigenvalue weighted by molar-refractivity contribution is 6.62. The van der Waals surface area contributed by atoms with E-state index in [1.807, 2.05) is 0 Å². The van der Waals surface area contributed by atoms with Crippen molar-refractivity contribution in [3.05, 3.63) is 52.2 Å². The topological polar surface area (TPSA) is 0 Å². The van der Waals surface area contributed by atoms with Crippen molar-refractivity contribution in [1.29, 1.82) is 0 Å². The zero-order valence-electron chi connectivity index (χ0n) is 16.0. The SMILES string of the molecule is CCCCCC1C=CC([SiH2]c2cc(C)cc(C)c2)=C1C(C)(C)C. The molecule has 0 heterocycles. The number of unbranched alkanes of at least 4 members (excludes halogenated alkanes) is 2. The maximum Gasteiger partial charge on any atom is 0.0875 e. The first-order chi connectivity index (χ1) is 10.8. The highest BCUT2D eigenvalue weighted by Gasteiger charge is 2.29. The van der Waals surface area contributed by atoms with E-state index in [9.17, 15) is 0 Å². The minimum atomic E-state index is -0.372. The molecule has 0 spiro atoms. The average Bonchev–Trinajstić information content (AvgIpc) is 2.80. The minimum Gasteiger partial charge on any atom is -0.0774 e. The van der Waals surface area contributed by atoms with E-state index in [1.165, 1.54) is 36.8 Å². The van der Waals surface area contributed by atoms with Crippen molar-refractivity contribution in [3.63, 3.8) is 0 Å². The van der Waals surface area contributed by atoms with Crippen LogP contribution < -0.4 is 5.19 Å². The van der Waals surface area contributed by atoms with Gasteiger partial charge < -0.3 is 0 Å². The monoisotopic (exact) mass is 326 g/mol. The van der Waals surface area contributed by atoms with Gasteiger partial charge in [-0.3, -0.25) is 0 Å². The molecule has 0 bridgehead atoms. The first-order valence-corrected chi connectivity index (χ1v) is 10.7. The Kier molecular flexibility index (Phi) is 6.08. The smallest absolute Gasteiger partial charge is 0.0774 e. The Labute approximate surface area is 145 Å². The van der Waals surface area contributed by atoms with Gasteiger partial charge in [-0.2, -0.15) is 0 Å². The first kappa shape index (κ1) is 18.3. The Morgan fingerprint density at radius 1 is 1.00 bits per heavy atom. The molecule has 0 aromatic heterocycles. The summed E-state index contributed by atoms with van der Waals surface area (Å²) in [6.45, 7) is 13.9. The Morgan fingerprint density at radius 2 is 1.65 bits per heavy atom. The molecule has 1 aliphatic rings. The molecule has 1 atom stereocenters. The van der Waals surface area contributed by atoms with Gasteiger partial charge in [0.15, 0.2) is 0 Å². The summed E-state index contributed by atoms with van der Waals surface area (Å²) in [6.07, 6.45) is 10.4. The molecule has 0 fully saturated rings. The lowest BCUT2D eigenvalue weighted by Crippen LogP contribution is -2.22. The first-order valence-electron chi connectivity index (χ1n) is 9.30. The lowest BCUT2D eigenvalue weighted by atomic mass is 9.78. The minimum absolute atomic E-state index is 0.293. The number of hydrogen-bond donors (Lipinski definition) is 0. The van der Waals surface area contributed by atoms with Crippen molar-refractivity contribution in [2.75, 3.05) is 0 Å². The molecule has 0 nitrogen and oxygen atoms in total. The molecule has 23 heavy (non-hydrogen) atoms. The van der Waals surface area contributed by atoms with E-state index in [1.54, 1.807) is 16.0 Å². The fourth-order valence-corrected chi connectivity index (χ4v) is 6.62. The fourth-order valence-electron chi connectivity index (χ4n) is 4.09. The van der Waals surface area contributed by atoms with E-state index in [4.69, 9.17) is 0 Å². The molecule has 1 aromatic rings. The fraction of sp³-hybridized carbons (Fsp3) is 0.545. The second kappa shape index (κ2) is 7.66. The van der Waals surface area contributed by atoms with Gasteiger partial charge in [0, 0.05) is 0 Å². The normalized spacial score (nSPS) is 18.6. The maximum atomic E-state index is 2.50. The lowest BCUT2D eigenvalue weighted by molar-refractivity contribution is 0.436. The van der Waals surface area contributed by atoms with Crippen LogP contribution in [-0.4, -0.2) is 9.52 Å². The molecule has 1 unspecified atom stereocenters. The Hall–Kier alpha value is -1.08. The molecule has 0 aliphatic heterocycles. The zero-order valence-corrected chi connectivity index (χ0v) is 17.4. The van der Waals surface area contributed by atoms with E-state index >= 15 is 0 Å². The van der Waals surface area contributed by atoms with Crippen LogP contribution in [-0.2, 0) is 0 Å². The van der Waals surface area contributed by atoms with Crippen LogP contribution in [0.4, 0.5) is 0 Å². The largest absolute Gasteiger partial charge is 0.0875 e. The summed E-state index contributed by atoms with van der Waals surface area (Å²) in [5, 5.41) is 3.29. The van der Waals surface area contributed by atoms with Crippen LogP contribution >= 0.6 is 0 Å². The predicted octanol–water partition coefficient (Wildman–Crippen LogP) is 5.16. The van der Waals surface area contributed by atoms with E-state index in [0.717, 1.165) is 0 Å². The maximum absolute atomic E-state index is 2.50. The summed E-state index contributed by atoms with van der Waals surface area (Å²) in [4.78, 5) is 0. The second-order valence-electron chi connectivity index (χ2n) is 8.32. The van der Waals surface area contributed by atoms with Gasteiger partial charge >= 0.3 is 0 Å². The van der Waals surface area contributed by atoms with Gasteiger partial charge in [-0.1, -0.05) is 104 Å². The third-order valence-electron chi connectivity index (χ3n) is 4.85. The highest BCUT2D eigenvalue weighted by atomic mass is 28.2. The van der Waals surface area contributed by atoms with Crippen molar-refractivity contribution in [1.82, 2.24) is 0 Å². The summed E-state index contributed by atoms with van der Waals surface area (Å²) in [7, 11) is -0.372. The van der Waals surface area contributed by atoms with E-state index in [-0.39, 0.29) is 9.52 Å². The molecular weight excluding hydrogens is 292 g/mol. The number of rotatable bonds is 6. The predicted molar refractivity (Wildman–Crippen MR) is 107 cm³/mol. The summed E-state index contributed by atoms with van der Waals surface area (Å²) >= 11 is 0. The van der Waals surface area contributed by atoms with E-state index in [2.05, 4.69) is 71.9 Å². The van der Waals surface area contributed by atoms with Crippen LogP contribution in [0.3, 0.4) is 0 Å². The van der Waals surface area contributed by atoms with Gasteiger partial charge in [-0.15, -0.1) is 0 Å². The van der Waals surface area contributed by atoms with Crippen LogP contribution in [0, 0.1) is 25.2 Å². The number of benzene rings is 1. The van der Waals surface area contributed by atoms with Crippen molar-refractivity contribution in [3.8, 4) is 0 Å². The molecule has 2 rings (SSSR count). The molecular formula is C22H34Si. The summed E-state index contributed by atoms with van der Waals surface area (Å²) in [5.74, 6) is 0.690. The van der Waals surface area contributed by atoms with Crippen LogP contribution in [0.1, 0.15) is 64.5 Å². The summed E-state index contributed by atoms with van der Waals surface area (Å²) in [5.41, 5.74) is 4.85. The molecule has 0 saturated heterocycles. The molecule has 1 aromatic carbocycles. The van der Waals surface area contributed by atoms with Crippen molar-refractivity contribution in [2.24, 2.45) is 11.3 Å². The van der Waals surface area contributed by atoms with Gasteiger partial charge in [0.2, 0.25) is 0 Å². The van der Waals surface area contributed by atoms with E-state index in [0.29, 0.717) is 11.3 Å². The molecule has 0 amide bonds. The summed E-state index contributed by atoms with van der Waals surface area (Å²) < 4.78 is 0. The third-order valence-corrected chi connectivity index (χ3v) is 6.66. The molecule has 1 aliphatic carbocycles. The van der Waals surface area contributed by atoms with Gasteiger partial charge in [-0.25, -0.2) is 0 Å². The second-order valence-corrected chi connectivity index (χ2v) is 10.3. The molecule has 126 valence electrons. The van der Waals surface area contributed by atoms with Gasteiger partial charge in [0.05, 0.1) is 9.52 Å². The zero-order chi connectivity index (χ0) is 17.0. The molecule has 0 saturated carbocycles. The third kappa shape index (κ3) is 4.94. The van der Waals surface area contributed by atoms with Gasteiger partial charge in [0.1, 0.15) is 0 Å². The molecule has 0 N–H and O–H groups in total. The van der Waals surface area contributed by atoms with Crippen molar-refractivity contribution < 1.29 is 0 Å². The van der Waals surface area contributed by atoms with Crippen molar-refractivity contribution >= 4 is 14.7 Å². The van der Waals surface area contributed by atoms with Crippen molar-refractivity contribution in [2.45, 2.75) is 67.2 Å². The van der Waals surface area contributed by atoms with Crippen LogP contribution in [0.5, 0.6) is 0 Å². The Bertz CT molecular complexity index is 579. The van der Waals surface area contributed by atoms with E-state index < -0.39 is 0 Å². The standard InChI is InChI=1S/C22H34Si/c1-7-8-9-10-18-11-12-20(21(18)22(4,5)6)23-19-14-16(2)13-17(3)15-19/h11-15,18H,7-10,23H2,1-6H3.